The molecule has 0 amide bonds. The van der Waals surface area contributed by atoms with Gasteiger partial charge in [-0.2, -0.15) is 0 Å². The first kappa shape index (κ1) is 21.8. The molecule has 2 aromatic heterocycles. The molecule has 1 aliphatic heterocycles. The number of halogens is 1. The van der Waals surface area contributed by atoms with Crippen LogP contribution in [0.25, 0.3) is 20.7 Å². The standard InChI is InChI=1S/C21H23BrN6O2S/c1-21(2)19(15(30)10-29)26-11-28(21)6-5-24-20-25-9-14(22)18(27-20)17-8-12-7-13(23)3-4-16(12)31-17/h3-4,7-10,19,26H,5-6,11,23H2,1-2H3,(H,24,25,27). The highest BCUT2D eigenvalue weighted by Crippen LogP contribution is 2.36. The Balaban J connectivity index is 1.45. The van der Waals surface area contributed by atoms with Crippen molar-refractivity contribution in [1.29, 1.82) is 0 Å². The lowest BCUT2D eigenvalue weighted by atomic mass is 9.92. The van der Waals surface area contributed by atoms with Crippen molar-refractivity contribution in [3.63, 3.8) is 0 Å². The second-order valence-electron chi connectivity index (χ2n) is 7.96. The van der Waals surface area contributed by atoms with Gasteiger partial charge in [-0.05, 0) is 59.4 Å². The molecule has 1 saturated heterocycles. The second kappa shape index (κ2) is 8.62. The molecule has 1 aromatic carbocycles. The molecule has 0 bridgehead atoms. The number of thiophene rings is 1. The minimum Gasteiger partial charge on any atom is -0.399 e. The van der Waals surface area contributed by atoms with Crippen molar-refractivity contribution in [1.82, 2.24) is 20.2 Å². The summed E-state index contributed by atoms with van der Waals surface area (Å²) >= 11 is 5.21. The summed E-state index contributed by atoms with van der Waals surface area (Å²) in [6, 6.07) is 7.45. The van der Waals surface area contributed by atoms with Gasteiger partial charge < -0.3 is 11.1 Å². The number of hydrogen-bond acceptors (Lipinski definition) is 9. The zero-order chi connectivity index (χ0) is 22.2. The average molecular weight is 503 g/mol. The number of ketones is 1. The number of anilines is 2. The Morgan fingerprint density at radius 3 is 3.03 bits per heavy atom. The molecule has 0 aliphatic carbocycles. The van der Waals surface area contributed by atoms with E-state index in [9.17, 15) is 9.59 Å². The quantitative estimate of drug-likeness (QED) is 0.256. The van der Waals surface area contributed by atoms with Crippen LogP contribution in [-0.4, -0.2) is 58.3 Å². The number of nitrogens with one attached hydrogen (secondary N) is 2. The van der Waals surface area contributed by atoms with E-state index in [-0.39, 0.29) is 0 Å². The Labute approximate surface area is 192 Å². The molecule has 0 spiro atoms. The molecule has 1 fully saturated rings. The summed E-state index contributed by atoms with van der Waals surface area (Å²) in [6.45, 7) is 5.72. The van der Waals surface area contributed by atoms with E-state index in [1.807, 2.05) is 32.0 Å². The molecule has 3 heterocycles. The van der Waals surface area contributed by atoms with Gasteiger partial charge in [0, 0.05) is 41.9 Å². The summed E-state index contributed by atoms with van der Waals surface area (Å²) in [6.07, 6.45) is 2.13. The van der Waals surface area contributed by atoms with Gasteiger partial charge in [0.2, 0.25) is 11.7 Å². The van der Waals surface area contributed by atoms with Crippen LogP contribution in [-0.2, 0) is 9.59 Å². The molecule has 31 heavy (non-hydrogen) atoms. The number of carbonyl (C=O) groups is 2. The largest absolute Gasteiger partial charge is 0.399 e. The van der Waals surface area contributed by atoms with Crippen LogP contribution >= 0.6 is 27.3 Å². The predicted octanol–water partition coefficient (Wildman–Crippen LogP) is 2.89. The highest BCUT2D eigenvalue weighted by molar-refractivity contribution is 9.10. The Bertz CT molecular complexity index is 1150. The van der Waals surface area contributed by atoms with E-state index in [4.69, 9.17) is 10.7 Å². The van der Waals surface area contributed by atoms with Gasteiger partial charge in [-0.25, -0.2) is 9.97 Å². The maximum atomic E-state index is 11.9. The van der Waals surface area contributed by atoms with E-state index in [1.54, 1.807) is 17.5 Å². The number of carbonyl (C=O) groups excluding carboxylic acids is 2. The Hall–Kier alpha value is -2.40. The van der Waals surface area contributed by atoms with Crippen LogP contribution in [0.4, 0.5) is 11.6 Å². The Morgan fingerprint density at radius 2 is 2.26 bits per heavy atom. The zero-order valence-corrected chi connectivity index (χ0v) is 19.6. The number of fused-ring (bicyclic) bond motifs is 1. The molecule has 8 nitrogen and oxygen atoms in total. The van der Waals surface area contributed by atoms with E-state index < -0.39 is 17.4 Å². The summed E-state index contributed by atoms with van der Waals surface area (Å²) in [5.74, 6) is 0.104. The molecule has 1 unspecified atom stereocenters. The fraction of sp³-hybridized carbons (Fsp3) is 0.333. The van der Waals surface area contributed by atoms with Crippen molar-refractivity contribution in [3.05, 3.63) is 34.9 Å². The maximum absolute atomic E-state index is 11.9. The minimum atomic E-state index is -0.498. The third-order valence-electron chi connectivity index (χ3n) is 5.59. The third-order valence-corrected chi connectivity index (χ3v) is 7.29. The summed E-state index contributed by atoms with van der Waals surface area (Å²) in [5, 5.41) is 7.48. The van der Waals surface area contributed by atoms with Gasteiger partial charge in [-0.15, -0.1) is 11.3 Å². The molecule has 3 aromatic rings. The normalized spacial score (nSPS) is 18.4. The van der Waals surface area contributed by atoms with Gasteiger partial charge in [-0.3, -0.25) is 19.8 Å². The molecule has 4 rings (SSSR count). The average Bonchev–Trinajstić information content (AvgIpc) is 3.28. The molecule has 10 heteroatoms. The molecule has 4 N–H and O–H groups in total. The number of aldehydes is 1. The van der Waals surface area contributed by atoms with Crippen molar-refractivity contribution in [2.45, 2.75) is 25.4 Å². The number of nitrogen functional groups attached to an aromatic ring is 1. The van der Waals surface area contributed by atoms with E-state index in [0.717, 1.165) is 30.8 Å². The molecular weight excluding hydrogens is 480 g/mol. The van der Waals surface area contributed by atoms with E-state index in [2.05, 4.69) is 42.5 Å². The molecule has 1 aliphatic rings. The van der Waals surface area contributed by atoms with Crippen molar-refractivity contribution in [2.75, 3.05) is 30.8 Å². The SMILES string of the molecule is CC1(C)C(C(=O)C=O)NCN1CCNc1ncc(Br)c(-c2cc3cc(N)ccc3s2)n1. The number of hydrogen-bond donors (Lipinski definition) is 3. The van der Waals surface area contributed by atoms with Crippen LogP contribution in [0.2, 0.25) is 0 Å². The van der Waals surface area contributed by atoms with E-state index in [0.29, 0.717) is 32.0 Å². The lowest BCUT2D eigenvalue weighted by molar-refractivity contribution is -0.132. The molecule has 0 saturated carbocycles. The van der Waals surface area contributed by atoms with Crippen LogP contribution in [0.5, 0.6) is 0 Å². The van der Waals surface area contributed by atoms with Crippen LogP contribution in [0.15, 0.2) is 34.9 Å². The van der Waals surface area contributed by atoms with Crippen molar-refractivity contribution >= 4 is 61.1 Å². The lowest BCUT2D eigenvalue weighted by Gasteiger charge is -2.33. The second-order valence-corrected chi connectivity index (χ2v) is 9.90. The number of benzene rings is 1. The van der Waals surface area contributed by atoms with Crippen LogP contribution in [0.3, 0.4) is 0 Å². The predicted molar refractivity (Wildman–Crippen MR) is 127 cm³/mol. The van der Waals surface area contributed by atoms with Gasteiger partial charge in [-0.1, -0.05) is 0 Å². The van der Waals surface area contributed by atoms with Crippen molar-refractivity contribution in [2.24, 2.45) is 0 Å². The fourth-order valence-electron chi connectivity index (χ4n) is 3.83. The van der Waals surface area contributed by atoms with Gasteiger partial charge in [0.1, 0.15) is 5.69 Å². The van der Waals surface area contributed by atoms with Crippen molar-refractivity contribution in [3.8, 4) is 10.6 Å². The number of rotatable bonds is 7. The first-order valence-electron chi connectivity index (χ1n) is 9.83. The van der Waals surface area contributed by atoms with Gasteiger partial charge in [0.25, 0.3) is 0 Å². The molecule has 162 valence electrons. The van der Waals surface area contributed by atoms with Crippen LogP contribution in [0, 0.1) is 0 Å². The summed E-state index contributed by atoms with van der Waals surface area (Å²) in [5.41, 5.74) is 7.00. The lowest BCUT2D eigenvalue weighted by Crippen LogP contribution is -2.51. The first-order chi connectivity index (χ1) is 14.8. The third kappa shape index (κ3) is 4.33. The number of nitrogens with two attached hydrogens (primary N) is 1. The Kier molecular flexibility index (Phi) is 6.07. The highest BCUT2D eigenvalue weighted by Gasteiger charge is 2.44. The highest BCUT2D eigenvalue weighted by atomic mass is 79.9. The maximum Gasteiger partial charge on any atom is 0.223 e. The molecule has 1 atom stereocenters. The van der Waals surface area contributed by atoms with Crippen molar-refractivity contribution < 1.29 is 9.59 Å². The summed E-state index contributed by atoms with van der Waals surface area (Å²) < 4.78 is 1.96. The fourth-order valence-corrected chi connectivity index (χ4v) is 5.41. The van der Waals surface area contributed by atoms with Gasteiger partial charge in [0.15, 0.2) is 6.29 Å². The molecular formula is C21H23BrN6O2S. The smallest absolute Gasteiger partial charge is 0.223 e. The molecule has 0 radical (unpaired) electrons. The van der Waals surface area contributed by atoms with Gasteiger partial charge in [0.05, 0.1) is 15.4 Å². The monoisotopic (exact) mass is 502 g/mol. The van der Waals surface area contributed by atoms with E-state index >= 15 is 0 Å². The number of aromatic nitrogens is 2. The number of Topliss-reactive ketones (excluding diaryl/α,β-unsaturated/α-hetero) is 1. The van der Waals surface area contributed by atoms with Gasteiger partial charge >= 0.3 is 0 Å². The summed E-state index contributed by atoms with van der Waals surface area (Å²) in [4.78, 5) is 35.0. The zero-order valence-electron chi connectivity index (χ0n) is 17.2. The van der Waals surface area contributed by atoms with E-state index in [1.165, 1.54) is 0 Å². The number of nitrogens with zero attached hydrogens (tertiary/aromatic N) is 3. The first-order valence-corrected chi connectivity index (χ1v) is 11.4. The van der Waals surface area contributed by atoms with Crippen LogP contribution in [0.1, 0.15) is 13.8 Å². The topological polar surface area (TPSA) is 113 Å². The Morgan fingerprint density at radius 1 is 1.45 bits per heavy atom. The minimum absolute atomic E-state index is 0.390. The summed E-state index contributed by atoms with van der Waals surface area (Å²) in [7, 11) is 0. The van der Waals surface area contributed by atoms with Crippen LogP contribution < -0.4 is 16.4 Å².